The van der Waals surface area contributed by atoms with Gasteiger partial charge in [0.1, 0.15) is 5.75 Å². The Balaban J connectivity index is 1.45. The van der Waals surface area contributed by atoms with Gasteiger partial charge in [-0.3, -0.25) is 14.4 Å². The first-order chi connectivity index (χ1) is 13.6. The van der Waals surface area contributed by atoms with Crippen molar-refractivity contribution in [3.63, 3.8) is 0 Å². The summed E-state index contributed by atoms with van der Waals surface area (Å²) in [5.74, 6) is 0.869. The fourth-order valence-electron chi connectivity index (χ4n) is 3.85. The molecule has 2 heterocycles. The predicted molar refractivity (Wildman–Crippen MR) is 105 cm³/mol. The SMILES string of the molecule is COc1cccc(CNC(=O)C2CCC(=O)N(CCCN3CCCC3=O)C2)c1. The lowest BCUT2D eigenvalue weighted by molar-refractivity contribution is -0.138. The van der Waals surface area contributed by atoms with Gasteiger partial charge in [0.05, 0.1) is 13.0 Å². The lowest BCUT2D eigenvalue weighted by Crippen LogP contribution is -2.46. The van der Waals surface area contributed by atoms with Gasteiger partial charge in [0.25, 0.3) is 0 Å². The number of carbonyl (C=O) groups is 3. The average molecular weight is 387 g/mol. The first kappa shape index (κ1) is 20.2. The Morgan fingerprint density at radius 1 is 1.18 bits per heavy atom. The van der Waals surface area contributed by atoms with E-state index in [9.17, 15) is 14.4 Å². The monoisotopic (exact) mass is 387 g/mol. The Morgan fingerprint density at radius 3 is 2.71 bits per heavy atom. The van der Waals surface area contributed by atoms with Gasteiger partial charge in [-0.15, -0.1) is 0 Å². The summed E-state index contributed by atoms with van der Waals surface area (Å²) >= 11 is 0. The molecule has 0 bridgehead atoms. The predicted octanol–water partition coefficient (Wildman–Crippen LogP) is 1.56. The number of amides is 3. The molecule has 0 radical (unpaired) electrons. The minimum atomic E-state index is -0.184. The first-order valence-electron chi connectivity index (χ1n) is 10.0. The van der Waals surface area contributed by atoms with Crippen LogP contribution >= 0.6 is 0 Å². The van der Waals surface area contributed by atoms with Gasteiger partial charge >= 0.3 is 0 Å². The minimum absolute atomic E-state index is 0.0185. The highest BCUT2D eigenvalue weighted by atomic mass is 16.5. The summed E-state index contributed by atoms with van der Waals surface area (Å²) in [6, 6.07) is 7.61. The average Bonchev–Trinajstić information content (AvgIpc) is 3.12. The number of benzene rings is 1. The maximum Gasteiger partial charge on any atom is 0.225 e. The van der Waals surface area contributed by atoms with Crippen LogP contribution in [0.3, 0.4) is 0 Å². The van der Waals surface area contributed by atoms with Gasteiger partial charge < -0.3 is 19.9 Å². The first-order valence-corrected chi connectivity index (χ1v) is 10.0. The highest BCUT2D eigenvalue weighted by Crippen LogP contribution is 2.19. The van der Waals surface area contributed by atoms with E-state index in [1.807, 2.05) is 29.2 Å². The highest BCUT2D eigenvalue weighted by molar-refractivity contribution is 5.83. The number of methoxy groups -OCH3 is 1. The molecule has 0 saturated carbocycles. The van der Waals surface area contributed by atoms with Crippen molar-refractivity contribution in [1.29, 1.82) is 0 Å². The standard InChI is InChI=1S/C21H29N3O4/c1-28-18-6-2-5-16(13-18)14-22-21(27)17-8-9-20(26)24(15-17)12-4-11-23-10-3-7-19(23)25/h2,5-6,13,17H,3-4,7-12,14-15H2,1H3,(H,22,27). The quantitative estimate of drug-likeness (QED) is 0.734. The maximum atomic E-state index is 12.6. The minimum Gasteiger partial charge on any atom is -0.497 e. The summed E-state index contributed by atoms with van der Waals surface area (Å²) in [6.07, 6.45) is 3.31. The van der Waals surface area contributed by atoms with E-state index in [1.54, 1.807) is 12.0 Å². The van der Waals surface area contributed by atoms with Crippen LogP contribution in [0.2, 0.25) is 0 Å². The number of nitrogens with zero attached hydrogens (tertiary/aromatic N) is 2. The summed E-state index contributed by atoms with van der Waals surface area (Å²) in [4.78, 5) is 40.1. The Bertz CT molecular complexity index is 721. The molecule has 7 nitrogen and oxygen atoms in total. The van der Waals surface area contributed by atoms with E-state index in [0.717, 1.165) is 30.7 Å². The van der Waals surface area contributed by atoms with Crippen molar-refractivity contribution in [3.8, 4) is 5.75 Å². The van der Waals surface area contributed by atoms with Crippen LogP contribution in [0, 0.1) is 5.92 Å². The van der Waals surface area contributed by atoms with Crippen LogP contribution in [0.4, 0.5) is 0 Å². The smallest absolute Gasteiger partial charge is 0.225 e. The molecule has 1 N–H and O–H groups in total. The summed E-state index contributed by atoms with van der Waals surface area (Å²) in [5, 5.41) is 2.98. The molecule has 0 aliphatic carbocycles. The Morgan fingerprint density at radius 2 is 1.96 bits per heavy atom. The lowest BCUT2D eigenvalue weighted by Gasteiger charge is -2.32. The largest absolute Gasteiger partial charge is 0.497 e. The lowest BCUT2D eigenvalue weighted by atomic mass is 9.96. The maximum absolute atomic E-state index is 12.6. The van der Waals surface area contributed by atoms with E-state index >= 15 is 0 Å². The molecule has 0 spiro atoms. The van der Waals surface area contributed by atoms with Crippen molar-refractivity contribution in [2.75, 3.05) is 33.3 Å². The molecule has 152 valence electrons. The number of ether oxygens (including phenoxy) is 1. The van der Waals surface area contributed by atoms with Crippen molar-refractivity contribution in [3.05, 3.63) is 29.8 Å². The number of rotatable bonds is 8. The van der Waals surface area contributed by atoms with Crippen molar-refractivity contribution in [2.45, 2.75) is 38.6 Å². The Kier molecular flexibility index (Phi) is 6.90. The summed E-state index contributed by atoms with van der Waals surface area (Å²) in [6.45, 7) is 3.01. The number of hydrogen-bond donors (Lipinski definition) is 1. The van der Waals surface area contributed by atoms with E-state index < -0.39 is 0 Å². The van der Waals surface area contributed by atoms with Crippen LogP contribution in [0.1, 0.15) is 37.7 Å². The zero-order valence-electron chi connectivity index (χ0n) is 16.5. The van der Waals surface area contributed by atoms with Gasteiger partial charge in [-0.2, -0.15) is 0 Å². The van der Waals surface area contributed by atoms with Crippen LogP contribution < -0.4 is 10.1 Å². The second kappa shape index (κ2) is 9.57. The molecule has 2 saturated heterocycles. The normalized spacial score (nSPS) is 19.8. The molecular formula is C21H29N3O4. The van der Waals surface area contributed by atoms with Gasteiger partial charge in [-0.1, -0.05) is 12.1 Å². The molecule has 2 fully saturated rings. The van der Waals surface area contributed by atoms with Gasteiger partial charge in [-0.05, 0) is 37.0 Å². The van der Waals surface area contributed by atoms with Gasteiger partial charge in [0, 0.05) is 45.6 Å². The fourth-order valence-corrected chi connectivity index (χ4v) is 3.85. The summed E-state index contributed by atoms with van der Waals surface area (Å²) in [5.41, 5.74) is 0.978. The van der Waals surface area contributed by atoms with Crippen molar-refractivity contribution < 1.29 is 19.1 Å². The molecule has 28 heavy (non-hydrogen) atoms. The third-order valence-electron chi connectivity index (χ3n) is 5.50. The number of carbonyl (C=O) groups excluding carboxylic acids is 3. The number of nitrogens with one attached hydrogen (secondary N) is 1. The number of hydrogen-bond acceptors (Lipinski definition) is 4. The van der Waals surface area contributed by atoms with Gasteiger partial charge in [-0.25, -0.2) is 0 Å². The number of piperidine rings is 1. The van der Waals surface area contributed by atoms with Crippen LogP contribution in [-0.4, -0.2) is 60.8 Å². The molecular weight excluding hydrogens is 358 g/mol. The molecule has 1 aromatic rings. The van der Waals surface area contributed by atoms with Gasteiger partial charge in [0.15, 0.2) is 0 Å². The van der Waals surface area contributed by atoms with E-state index in [4.69, 9.17) is 4.74 Å². The van der Waals surface area contributed by atoms with Crippen molar-refractivity contribution in [2.24, 2.45) is 5.92 Å². The van der Waals surface area contributed by atoms with Crippen LogP contribution in [0.5, 0.6) is 5.75 Å². The fraction of sp³-hybridized carbons (Fsp3) is 0.571. The second-order valence-corrected chi connectivity index (χ2v) is 7.48. The van der Waals surface area contributed by atoms with E-state index in [0.29, 0.717) is 45.4 Å². The van der Waals surface area contributed by atoms with Gasteiger partial charge in [0.2, 0.25) is 17.7 Å². The molecule has 0 aromatic heterocycles. The molecule has 2 aliphatic rings. The van der Waals surface area contributed by atoms with E-state index in [-0.39, 0.29) is 23.6 Å². The highest BCUT2D eigenvalue weighted by Gasteiger charge is 2.30. The molecule has 3 amide bonds. The van der Waals surface area contributed by atoms with Crippen LogP contribution in [0.15, 0.2) is 24.3 Å². The molecule has 3 rings (SSSR count). The van der Waals surface area contributed by atoms with Crippen LogP contribution in [0.25, 0.3) is 0 Å². The molecule has 7 heteroatoms. The zero-order chi connectivity index (χ0) is 19.9. The topological polar surface area (TPSA) is 79.0 Å². The second-order valence-electron chi connectivity index (χ2n) is 7.48. The summed E-state index contributed by atoms with van der Waals surface area (Å²) in [7, 11) is 1.62. The third-order valence-corrected chi connectivity index (χ3v) is 5.50. The van der Waals surface area contributed by atoms with Crippen molar-refractivity contribution in [1.82, 2.24) is 15.1 Å². The van der Waals surface area contributed by atoms with Crippen molar-refractivity contribution >= 4 is 17.7 Å². The van der Waals surface area contributed by atoms with E-state index in [1.165, 1.54) is 0 Å². The third kappa shape index (κ3) is 5.24. The molecule has 1 aromatic carbocycles. The number of likely N-dealkylation sites (tertiary alicyclic amines) is 2. The zero-order valence-corrected chi connectivity index (χ0v) is 16.5. The summed E-state index contributed by atoms with van der Waals surface area (Å²) < 4.78 is 5.20. The molecule has 1 unspecified atom stereocenters. The van der Waals surface area contributed by atoms with E-state index in [2.05, 4.69) is 5.32 Å². The van der Waals surface area contributed by atoms with Crippen LogP contribution in [-0.2, 0) is 20.9 Å². The molecule has 1 atom stereocenters. The Hall–Kier alpha value is -2.57. The Labute approximate surface area is 166 Å². The molecule has 2 aliphatic heterocycles.